The Morgan fingerprint density at radius 3 is 2.32 bits per heavy atom. The van der Waals surface area contributed by atoms with Crippen molar-refractivity contribution in [1.29, 1.82) is 0 Å². The summed E-state index contributed by atoms with van der Waals surface area (Å²) in [6.45, 7) is 0.406. The highest BCUT2D eigenvalue weighted by Crippen LogP contribution is 2.24. The van der Waals surface area contributed by atoms with Crippen molar-refractivity contribution in [2.75, 3.05) is 0 Å². The number of rotatable bonds is 4. The second-order valence-electron chi connectivity index (χ2n) is 5.75. The van der Waals surface area contributed by atoms with Crippen LogP contribution in [-0.4, -0.2) is 15.3 Å². The van der Waals surface area contributed by atoms with Crippen LogP contribution in [0.1, 0.15) is 16.1 Å². The molecular weight excluding hydrogens is 310 g/mol. The lowest BCUT2D eigenvalue weighted by Crippen LogP contribution is -2.23. The summed E-state index contributed by atoms with van der Waals surface area (Å²) in [6, 6.07) is 25.2. The molecule has 2 aromatic heterocycles. The van der Waals surface area contributed by atoms with Crippen molar-refractivity contribution in [1.82, 2.24) is 14.7 Å². The number of fused-ring (bicyclic) bond motifs is 1. The monoisotopic (exact) mass is 327 g/mol. The fourth-order valence-electron chi connectivity index (χ4n) is 2.90. The zero-order valence-corrected chi connectivity index (χ0v) is 13.6. The number of nitrogens with one attached hydrogen (secondary N) is 1. The number of pyridine rings is 1. The first-order chi connectivity index (χ1) is 12.3. The highest BCUT2D eigenvalue weighted by atomic mass is 16.1. The second kappa shape index (κ2) is 6.61. The van der Waals surface area contributed by atoms with Crippen molar-refractivity contribution in [3.63, 3.8) is 0 Å². The number of hydrogen-bond donors (Lipinski definition) is 1. The molecule has 0 atom stereocenters. The Bertz CT molecular complexity index is 1010. The van der Waals surface area contributed by atoms with Crippen LogP contribution in [0.25, 0.3) is 16.9 Å². The number of hydrogen-bond acceptors (Lipinski definition) is 2. The molecule has 0 aliphatic rings. The highest BCUT2D eigenvalue weighted by Gasteiger charge is 2.14. The summed E-state index contributed by atoms with van der Waals surface area (Å²) >= 11 is 0. The number of aromatic nitrogens is 2. The molecule has 1 amide bonds. The minimum atomic E-state index is -0.0921. The van der Waals surface area contributed by atoms with Gasteiger partial charge in [-0.1, -0.05) is 54.6 Å². The van der Waals surface area contributed by atoms with E-state index in [4.69, 9.17) is 4.98 Å². The van der Waals surface area contributed by atoms with Crippen molar-refractivity contribution in [3.8, 4) is 11.3 Å². The van der Waals surface area contributed by atoms with Gasteiger partial charge in [-0.25, -0.2) is 4.98 Å². The quantitative estimate of drug-likeness (QED) is 0.617. The van der Waals surface area contributed by atoms with E-state index in [-0.39, 0.29) is 5.91 Å². The van der Waals surface area contributed by atoms with Gasteiger partial charge in [-0.2, -0.15) is 0 Å². The number of carbonyl (C=O) groups is 1. The van der Waals surface area contributed by atoms with Gasteiger partial charge in [0, 0.05) is 17.3 Å². The Morgan fingerprint density at radius 1 is 0.880 bits per heavy atom. The molecule has 4 rings (SSSR count). The third-order valence-corrected chi connectivity index (χ3v) is 4.13. The first kappa shape index (κ1) is 15.1. The average molecular weight is 327 g/mol. The van der Waals surface area contributed by atoms with Gasteiger partial charge in [0.15, 0.2) is 0 Å². The minimum Gasteiger partial charge on any atom is -0.346 e. The first-order valence-corrected chi connectivity index (χ1v) is 8.17. The maximum Gasteiger partial charge on any atom is 0.251 e. The van der Waals surface area contributed by atoms with Gasteiger partial charge in [0.05, 0.1) is 17.9 Å². The molecule has 4 heteroatoms. The van der Waals surface area contributed by atoms with Gasteiger partial charge in [0.2, 0.25) is 0 Å². The average Bonchev–Trinajstić information content (AvgIpc) is 3.06. The Morgan fingerprint density at radius 2 is 1.56 bits per heavy atom. The van der Waals surface area contributed by atoms with Gasteiger partial charge in [-0.05, 0) is 24.3 Å². The van der Waals surface area contributed by atoms with E-state index in [0.717, 1.165) is 22.6 Å². The van der Waals surface area contributed by atoms with Crippen molar-refractivity contribution >= 4 is 11.6 Å². The van der Waals surface area contributed by atoms with Crippen LogP contribution in [0.15, 0.2) is 85.1 Å². The summed E-state index contributed by atoms with van der Waals surface area (Å²) in [5.41, 5.74) is 4.41. The zero-order chi connectivity index (χ0) is 17.1. The lowest BCUT2D eigenvalue weighted by molar-refractivity contribution is 0.0950. The summed E-state index contributed by atoms with van der Waals surface area (Å²) in [6.07, 6.45) is 1.97. The molecule has 0 spiro atoms. The molecule has 0 fully saturated rings. The van der Waals surface area contributed by atoms with Gasteiger partial charge in [0.25, 0.3) is 5.91 Å². The standard InChI is InChI=1S/C21H17N3O/c25-21(17-11-5-2-6-12-17)22-15-18-20(16-9-3-1-4-10-16)23-19-13-7-8-14-24(18)19/h1-14H,15H2,(H,22,25). The van der Waals surface area contributed by atoms with Crippen LogP contribution in [0.2, 0.25) is 0 Å². The van der Waals surface area contributed by atoms with Gasteiger partial charge in [-0.15, -0.1) is 0 Å². The molecule has 0 aliphatic heterocycles. The molecule has 25 heavy (non-hydrogen) atoms. The van der Waals surface area contributed by atoms with Crippen LogP contribution in [0.5, 0.6) is 0 Å². The Balaban J connectivity index is 1.69. The Kier molecular flexibility index (Phi) is 4.01. The highest BCUT2D eigenvalue weighted by molar-refractivity contribution is 5.94. The fourth-order valence-corrected chi connectivity index (χ4v) is 2.90. The lowest BCUT2D eigenvalue weighted by atomic mass is 10.1. The molecule has 4 nitrogen and oxygen atoms in total. The minimum absolute atomic E-state index is 0.0921. The predicted octanol–water partition coefficient (Wildman–Crippen LogP) is 3.93. The maximum atomic E-state index is 12.4. The molecule has 0 unspecified atom stereocenters. The van der Waals surface area contributed by atoms with Gasteiger partial charge in [0.1, 0.15) is 5.65 Å². The van der Waals surface area contributed by atoms with Crippen LogP contribution in [0.3, 0.4) is 0 Å². The Labute approximate surface area is 145 Å². The van der Waals surface area contributed by atoms with E-state index in [1.165, 1.54) is 0 Å². The molecule has 0 aliphatic carbocycles. The molecule has 4 aromatic rings. The fraction of sp³-hybridized carbons (Fsp3) is 0.0476. The molecule has 2 aromatic carbocycles. The molecular formula is C21H17N3O. The number of amides is 1. The molecule has 0 radical (unpaired) electrons. The van der Waals surface area contributed by atoms with E-state index in [0.29, 0.717) is 12.1 Å². The third kappa shape index (κ3) is 3.02. The summed E-state index contributed by atoms with van der Waals surface area (Å²) in [5, 5.41) is 3.00. The van der Waals surface area contributed by atoms with Gasteiger partial charge in [-0.3, -0.25) is 4.79 Å². The number of nitrogens with zero attached hydrogens (tertiary/aromatic N) is 2. The second-order valence-corrected chi connectivity index (χ2v) is 5.75. The van der Waals surface area contributed by atoms with Crippen LogP contribution >= 0.6 is 0 Å². The van der Waals surface area contributed by atoms with Crippen molar-refractivity contribution in [3.05, 3.63) is 96.3 Å². The van der Waals surface area contributed by atoms with Crippen LogP contribution in [0.4, 0.5) is 0 Å². The van der Waals surface area contributed by atoms with Crippen molar-refractivity contribution in [2.24, 2.45) is 0 Å². The molecule has 1 N–H and O–H groups in total. The third-order valence-electron chi connectivity index (χ3n) is 4.13. The predicted molar refractivity (Wildman–Crippen MR) is 98.2 cm³/mol. The van der Waals surface area contributed by atoms with E-state index in [1.807, 2.05) is 89.5 Å². The SMILES string of the molecule is O=C(NCc1c(-c2ccccc2)nc2ccccn12)c1ccccc1. The van der Waals surface area contributed by atoms with Crippen molar-refractivity contribution in [2.45, 2.75) is 6.54 Å². The number of carbonyl (C=O) groups excluding carboxylic acids is 1. The normalized spacial score (nSPS) is 10.7. The van der Waals surface area contributed by atoms with Gasteiger partial charge >= 0.3 is 0 Å². The van der Waals surface area contributed by atoms with E-state index >= 15 is 0 Å². The lowest BCUT2D eigenvalue weighted by Gasteiger charge is -2.08. The summed E-state index contributed by atoms with van der Waals surface area (Å²) in [7, 11) is 0. The zero-order valence-electron chi connectivity index (χ0n) is 13.6. The largest absolute Gasteiger partial charge is 0.346 e. The van der Waals surface area contributed by atoms with Crippen LogP contribution in [0, 0.1) is 0 Å². The van der Waals surface area contributed by atoms with E-state index in [2.05, 4.69) is 5.32 Å². The molecule has 0 bridgehead atoms. The van der Waals surface area contributed by atoms with Crippen LogP contribution < -0.4 is 5.32 Å². The van der Waals surface area contributed by atoms with E-state index < -0.39 is 0 Å². The van der Waals surface area contributed by atoms with Crippen molar-refractivity contribution < 1.29 is 4.79 Å². The molecule has 122 valence electrons. The topological polar surface area (TPSA) is 46.4 Å². The smallest absolute Gasteiger partial charge is 0.251 e. The Hall–Kier alpha value is -3.40. The summed E-state index contributed by atoms with van der Waals surface area (Å²) in [4.78, 5) is 17.1. The molecule has 0 saturated carbocycles. The van der Waals surface area contributed by atoms with E-state index in [9.17, 15) is 4.79 Å². The molecule has 0 saturated heterocycles. The van der Waals surface area contributed by atoms with Crippen LogP contribution in [-0.2, 0) is 6.54 Å². The van der Waals surface area contributed by atoms with E-state index in [1.54, 1.807) is 0 Å². The van der Waals surface area contributed by atoms with Gasteiger partial charge < -0.3 is 9.72 Å². The summed E-state index contributed by atoms with van der Waals surface area (Å²) in [5.74, 6) is -0.0921. The maximum absolute atomic E-state index is 12.4. The summed E-state index contributed by atoms with van der Waals surface area (Å²) < 4.78 is 2.02. The molecule has 2 heterocycles. The first-order valence-electron chi connectivity index (χ1n) is 8.17. The number of benzene rings is 2. The number of imidazole rings is 1.